The number of amides is 3. The molecule has 1 atom stereocenters. The summed E-state index contributed by atoms with van der Waals surface area (Å²) in [5, 5.41) is 11.8. The van der Waals surface area contributed by atoms with Gasteiger partial charge < -0.3 is 15.4 Å². The fraction of sp³-hybridized carbons (Fsp3) is 0.0952. The van der Waals surface area contributed by atoms with Crippen molar-refractivity contribution in [2.75, 3.05) is 5.32 Å². The molecule has 3 N–H and O–H groups in total. The van der Waals surface area contributed by atoms with Crippen LogP contribution in [0.1, 0.15) is 38.0 Å². The van der Waals surface area contributed by atoms with Crippen molar-refractivity contribution < 1.29 is 24.3 Å². The van der Waals surface area contributed by atoms with E-state index in [-0.39, 0.29) is 22.2 Å². The van der Waals surface area contributed by atoms with Crippen molar-refractivity contribution in [3.63, 3.8) is 0 Å². The van der Waals surface area contributed by atoms with E-state index in [2.05, 4.69) is 10.3 Å². The predicted molar refractivity (Wildman–Crippen MR) is 107 cm³/mol. The summed E-state index contributed by atoms with van der Waals surface area (Å²) in [5.74, 6) is -3.11. The molecule has 3 aromatic rings. The number of aromatic nitrogens is 1. The Hall–Kier alpha value is -4.27. The Morgan fingerprint density at radius 3 is 2.27 bits per heavy atom. The van der Waals surface area contributed by atoms with E-state index in [1.54, 1.807) is 12.1 Å². The number of carbonyl (C=O) groups is 4. The summed E-state index contributed by atoms with van der Waals surface area (Å²) in [5.41, 5.74) is -0.0207. The first-order valence-corrected chi connectivity index (χ1v) is 8.96. The summed E-state index contributed by atoms with van der Waals surface area (Å²) in [4.78, 5) is 64.9. The molecule has 9 heteroatoms. The van der Waals surface area contributed by atoms with Gasteiger partial charge in [0.25, 0.3) is 11.8 Å². The van der Waals surface area contributed by atoms with Crippen LogP contribution in [-0.2, 0) is 4.79 Å². The number of H-pyrrole nitrogens is 1. The lowest BCUT2D eigenvalue weighted by atomic mass is 10.1. The molecule has 0 spiro atoms. The number of carbonyl (C=O) groups excluding carboxylic acids is 3. The molecule has 1 aliphatic heterocycles. The number of nitrogens with one attached hydrogen (secondary N) is 2. The van der Waals surface area contributed by atoms with E-state index in [1.165, 1.54) is 37.3 Å². The van der Waals surface area contributed by atoms with E-state index in [4.69, 9.17) is 5.11 Å². The van der Waals surface area contributed by atoms with Crippen LogP contribution in [0.2, 0.25) is 0 Å². The molecule has 0 bridgehead atoms. The number of pyridine rings is 1. The van der Waals surface area contributed by atoms with Crippen LogP contribution in [0.15, 0.2) is 53.5 Å². The van der Waals surface area contributed by atoms with Crippen molar-refractivity contribution >= 4 is 40.3 Å². The number of imide groups is 1. The third kappa shape index (κ3) is 2.93. The number of anilines is 1. The number of nitrogens with zero attached hydrogens (tertiary/aromatic N) is 1. The van der Waals surface area contributed by atoms with Crippen LogP contribution in [0.25, 0.3) is 10.9 Å². The van der Waals surface area contributed by atoms with Crippen LogP contribution < -0.4 is 10.7 Å². The maximum Gasteiger partial charge on any atom is 0.341 e. The minimum Gasteiger partial charge on any atom is -0.477 e. The average molecular weight is 405 g/mol. The van der Waals surface area contributed by atoms with Gasteiger partial charge in [-0.3, -0.25) is 24.1 Å². The van der Waals surface area contributed by atoms with E-state index in [0.29, 0.717) is 5.52 Å². The molecule has 30 heavy (non-hydrogen) atoms. The number of aromatic amines is 1. The number of hydrogen-bond donors (Lipinski definition) is 3. The molecule has 1 aromatic heterocycles. The number of carboxylic acids is 1. The van der Waals surface area contributed by atoms with Crippen LogP contribution in [0.5, 0.6) is 0 Å². The SMILES string of the molecule is C[C@@H](C(=O)Nc1ccc2[nH]cc(C(=O)O)c(=O)c2c1)N1C(=O)c2ccccc2C1=O. The molecule has 2 heterocycles. The summed E-state index contributed by atoms with van der Waals surface area (Å²) in [6.07, 6.45) is 1.11. The summed E-state index contributed by atoms with van der Waals surface area (Å²) in [6.45, 7) is 1.42. The highest BCUT2D eigenvalue weighted by molar-refractivity contribution is 6.23. The van der Waals surface area contributed by atoms with Gasteiger partial charge in [-0.1, -0.05) is 12.1 Å². The monoisotopic (exact) mass is 405 g/mol. The molecule has 0 saturated carbocycles. The molecule has 2 aromatic carbocycles. The van der Waals surface area contributed by atoms with Gasteiger partial charge in [0.1, 0.15) is 11.6 Å². The van der Waals surface area contributed by atoms with Crippen molar-refractivity contribution in [2.24, 2.45) is 0 Å². The van der Waals surface area contributed by atoms with Crippen molar-refractivity contribution in [2.45, 2.75) is 13.0 Å². The topological polar surface area (TPSA) is 137 Å². The number of rotatable bonds is 4. The number of aromatic carboxylic acids is 1. The first-order valence-electron chi connectivity index (χ1n) is 8.96. The standard InChI is InChI=1S/C21H15N3O6/c1-10(24-19(27)12-4-2-3-5-13(12)20(24)28)18(26)23-11-6-7-16-14(8-11)17(25)15(9-22-16)21(29)30/h2-10H,1H3,(H,22,25)(H,23,26)(H,29,30)/t10-/m0/s1. The van der Waals surface area contributed by atoms with Crippen LogP contribution >= 0.6 is 0 Å². The number of fused-ring (bicyclic) bond motifs is 2. The van der Waals surface area contributed by atoms with E-state index in [0.717, 1.165) is 11.1 Å². The third-order valence-electron chi connectivity index (χ3n) is 4.97. The maximum atomic E-state index is 12.7. The minimum atomic E-state index is -1.37. The normalized spacial score (nSPS) is 14.0. The third-order valence-corrected chi connectivity index (χ3v) is 4.97. The number of carboxylic acid groups (broad SMARTS) is 1. The lowest BCUT2D eigenvalue weighted by molar-refractivity contribution is -0.119. The Morgan fingerprint density at radius 1 is 1.03 bits per heavy atom. The molecule has 0 saturated heterocycles. The van der Waals surface area contributed by atoms with Crippen LogP contribution in [0, 0.1) is 0 Å². The molecule has 0 fully saturated rings. The van der Waals surface area contributed by atoms with Gasteiger partial charge in [0.05, 0.1) is 11.1 Å². The maximum absolute atomic E-state index is 12.7. The molecule has 4 rings (SSSR count). The fourth-order valence-corrected chi connectivity index (χ4v) is 3.38. The van der Waals surface area contributed by atoms with Crippen molar-refractivity contribution in [3.05, 3.63) is 75.6 Å². The molecule has 150 valence electrons. The Kier molecular flexibility index (Phi) is 4.42. The highest BCUT2D eigenvalue weighted by Crippen LogP contribution is 2.25. The summed E-state index contributed by atoms with van der Waals surface area (Å²) in [7, 11) is 0. The average Bonchev–Trinajstić information content (AvgIpc) is 2.98. The second-order valence-electron chi connectivity index (χ2n) is 6.79. The quantitative estimate of drug-likeness (QED) is 0.567. The zero-order valence-electron chi connectivity index (χ0n) is 15.6. The van der Waals surface area contributed by atoms with Crippen molar-refractivity contribution in [3.8, 4) is 0 Å². The van der Waals surface area contributed by atoms with E-state index >= 15 is 0 Å². The largest absolute Gasteiger partial charge is 0.477 e. The summed E-state index contributed by atoms with van der Waals surface area (Å²) < 4.78 is 0. The van der Waals surface area contributed by atoms with Gasteiger partial charge in [-0.05, 0) is 37.3 Å². The zero-order chi connectivity index (χ0) is 21.6. The molecule has 9 nitrogen and oxygen atoms in total. The van der Waals surface area contributed by atoms with E-state index in [1.807, 2.05) is 0 Å². The number of benzene rings is 2. The lowest BCUT2D eigenvalue weighted by Gasteiger charge is -2.21. The second kappa shape index (κ2) is 6.96. The predicted octanol–water partition coefficient (Wildman–Crippen LogP) is 1.85. The molecule has 3 amide bonds. The molecule has 1 aliphatic rings. The highest BCUT2D eigenvalue weighted by Gasteiger charge is 2.40. The fourth-order valence-electron chi connectivity index (χ4n) is 3.38. The van der Waals surface area contributed by atoms with E-state index in [9.17, 15) is 24.0 Å². The van der Waals surface area contributed by atoms with Gasteiger partial charge >= 0.3 is 5.97 Å². The van der Waals surface area contributed by atoms with Crippen molar-refractivity contribution in [1.29, 1.82) is 0 Å². The Balaban J connectivity index is 1.61. The van der Waals surface area contributed by atoms with Crippen molar-refractivity contribution in [1.82, 2.24) is 9.88 Å². The molecular formula is C21H15N3O6. The zero-order valence-corrected chi connectivity index (χ0v) is 15.6. The summed E-state index contributed by atoms with van der Waals surface area (Å²) >= 11 is 0. The number of hydrogen-bond acceptors (Lipinski definition) is 5. The van der Waals surface area contributed by atoms with E-state index < -0.39 is 40.7 Å². The Labute approximate surface area is 168 Å². The van der Waals surface area contributed by atoms with Gasteiger partial charge in [-0.15, -0.1) is 0 Å². The van der Waals surface area contributed by atoms with Gasteiger partial charge in [0.15, 0.2) is 0 Å². The molecule has 0 radical (unpaired) electrons. The first-order chi connectivity index (χ1) is 14.3. The van der Waals surface area contributed by atoms with Gasteiger partial charge in [-0.25, -0.2) is 4.79 Å². The molecular weight excluding hydrogens is 390 g/mol. The van der Waals surface area contributed by atoms with Crippen LogP contribution in [0.3, 0.4) is 0 Å². The molecule has 0 unspecified atom stereocenters. The van der Waals surface area contributed by atoms with Crippen LogP contribution in [0.4, 0.5) is 5.69 Å². The van der Waals surface area contributed by atoms with Gasteiger partial charge in [0, 0.05) is 22.8 Å². The van der Waals surface area contributed by atoms with Crippen LogP contribution in [-0.4, -0.2) is 44.7 Å². The summed E-state index contributed by atoms with van der Waals surface area (Å²) in [6, 6.07) is 9.60. The smallest absolute Gasteiger partial charge is 0.341 e. The van der Waals surface area contributed by atoms with Gasteiger partial charge in [-0.2, -0.15) is 0 Å². The Bertz CT molecular complexity index is 1270. The second-order valence-corrected chi connectivity index (χ2v) is 6.79. The first kappa shape index (κ1) is 19.1. The molecule has 0 aliphatic carbocycles. The highest BCUT2D eigenvalue weighted by atomic mass is 16.4. The Morgan fingerprint density at radius 2 is 1.67 bits per heavy atom. The minimum absolute atomic E-state index is 0.0843. The van der Waals surface area contributed by atoms with Gasteiger partial charge in [0.2, 0.25) is 11.3 Å². The lowest BCUT2D eigenvalue weighted by Crippen LogP contribution is -2.45.